The van der Waals surface area contributed by atoms with Crippen LogP contribution in [-0.2, 0) is 4.79 Å². The van der Waals surface area contributed by atoms with Gasteiger partial charge in [-0.3, -0.25) is 4.79 Å². The maximum Gasteiger partial charge on any atom is 0.282 e. The van der Waals surface area contributed by atoms with E-state index in [4.69, 9.17) is 4.74 Å². The first kappa shape index (κ1) is 23.2. The smallest absolute Gasteiger partial charge is 0.282 e. The Morgan fingerprint density at radius 3 is 2.17 bits per heavy atom. The number of thiazole rings is 1. The van der Waals surface area contributed by atoms with Gasteiger partial charge in [0.1, 0.15) is 5.75 Å². The summed E-state index contributed by atoms with van der Waals surface area (Å²) in [5.41, 5.74) is 4.30. The lowest BCUT2D eigenvalue weighted by atomic mass is 10.2. The third-order valence-corrected chi connectivity index (χ3v) is 6.15. The zero-order valence-electron chi connectivity index (χ0n) is 19.5. The summed E-state index contributed by atoms with van der Waals surface area (Å²) in [6.45, 7) is 1.76. The second kappa shape index (κ2) is 10.4. The molecule has 0 spiro atoms. The highest BCUT2D eigenvalue weighted by Crippen LogP contribution is 2.31. The molecule has 9 nitrogen and oxygen atoms in total. The number of ether oxygens (including phenoxy) is 1. The molecule has 0 unspecified atom stereocenters. The molecular formula is C26H21N7O2S. The lowest BCUT2D eigenvalue weighted by Crippen LogP contribution is -2.29. The van der Waals surface area contributed by atoms with Crippen LogP contribution in [0.1, 0.15) is 6.92 Å². The molecule has 1 aromatic heterocycles. The van der Waals surface area contributed by atoms with Gasteiger partial charge in [0.2, 0.25) is 5.13 Å². The van der Waals surface area contributed by atoms with Gasteiger partial charge in [0.15, 0.2) is 6.04 Å². The summed E-state index contributed by atoms with van der Waals surface area (Å²) in [7, 11) is 1.62. The molecule has 0 saturated heterocycles. The summed E-state index contributed by atoms with van der Waals surface area (Å²) < 4.78 is 5.20. The number of benzene rings is 3. The third kappa shape index (κ3) is 5.08. The molecular weight excluding hydrogens is 474 g/mol. The van der Waals surface area contributed by atoms with Crippen molar-refractivity contribution in [3.05, 3.63) is 84.2 Å². The zero-order chi connectivity index (χ0) is 24.9. The molecule has 1 amide bonds. The molecule has 0 aliphatic carbocycles. The molecule has 0 N–H and O–H groups in total. The van der Waals surface area contributed by atoms with Crippen molar-refractivity contribution < 1.29 is 9.53 Å². The number of amides is 1. The van der Waals surface area contributed by atoms with Gasteiger partial charge in [0, 0.05) is 10.9 Å². The van der Waals surface area contributed by atoms with Crippen molar-refractivity contribution in [2.24, 2.45) is 25.6 Å². The lowest BCUT2D eigenvalue weighted by molar-refractivity contribution is -0.117. The Labute approximate surface area is 211 Å². The number of methoxy groups -OCH3 is 1. The fourth-order valence-electron chi connectivity index (χ4n) is 3.40. The molecule has 3 aromatic carbocycles. The highest BCUT2D eigenvalue weighted by atomic mass is 32.1. The molecule has 1 atom stereocenters. The summed E-state index contributed by atoms with van der Waals surface area (Å²) in [6.07, 6.45) is 0. The Morgan fingerprint density at radius 2 is 1.50 bits per heavy atom. The molecule has 0 saturated carbocycles. The first-order valence-electron chi connectivity index (χ1n) is 11.1. The molecule has 4 aromatic rings. The van der Waals surface area contributed by atoms with Gasteiger partial charge < -0.3 is 4.74 Å². The van der Waals surface area contributed by atoms with Crippen LogP contribution in [-0.4, -0.2) is 29.8 Å². The van der Waals surface area contributed by atoms with Crippen LogP contribution in [0.25, 0.3) is 11.3 Å². The summed E-state index contributed by atoms with van der Waals surface area (Å²) >= 11 is 1.34. The van der Waals surface area contributed by atoms with Gasteiger partial charge in [-0.2, -0.15) is 30.6 Å². The van der Waals surface area contributed by atoms with Crippen LogP contribution >= 0.6 is 11.3 Å². The van der Waals surface area contributed by atoms with Crippen molar-refractivity contribution >= 4 is 45.1 Å². The first-order chi connectivity index (χ1) is 17.6. The van der Waals surface area contributed by atoms with Gasteiger partial charge in [0.05, 0.1) is 35.6 Å². The van der Waals surface area contributed by atoms with E-state index in [2.05, 4.69) is 30.5 Å². The number of anilines is 1. The minimum Gasteiger partial charge on any atom is -0.497 e. The van der Waals surface area contributed by atoms with E-state index in [1.807, 2.05) is 60.0 Å². The van der Waals surface area contributed by atoms with Gasteiger partial charge in [-0.15, -0.1) is 11.3 Å². The molecule has 5 rings (SSSR count). The monoisotopic (exact) mass is 495 g/mol. The van der Waals surface area contributed by atoms with E-state index >= 15 is 0 Å². The average molecular weight is 496 g/mol. The Balaban J connectivity index is 1.25. The Hall–Kier alpha value is -4.57. The molecule has 2 heterocycles. The van der Waals surface area contributed by atoms with Crippen LogP contribution in [0.5, 0.6) is 5.75 Å². The number of rotatable bonds is 7. The number of hydrogen-bond acceptors (Lipinski definition) is 9. The van der Waals surface area contributed by atoms with E-state index in [0.29, 0.717) is 22.2 Å². The lowest BCUT2D eigenvalue weighted by Gasteiger charge is -2.08. The molecule has 1 aliphatic rings. The van der Waals surface area contributed by atoms with E-state index in [9.17, 15) is 4.79 Å². The van der Waals surface area contributed by atoms with Crippen LogP contribution in [0.4, 0.5) is 22.2 Å². The van der Waals surface area contributed by atoms with E-state index in [1.165, 1.54) is 16.3 Å². The molecule has 0 bridgehead atoms. The standard InChI is InChI=1S/C26H21N7O2S/c1-17-24(31-30-21-12-10-20(11-13-21)29-28-19-6-4-3-5-7-19)25(34)33(32-17)26-27-23(16-36-26)18-8-14-22(35-2)15-9-18/h3-16,24H,1-2H3/t24-/m1/s1. The number of hydrogen-bond donors (Lipinski definition) is 0. The molecule has 178 valence electrons. The van der Waals surface area contributed by atoms with Crippen LogP contribution in [0.15, 0.2) is 110 Å². The van der Waals surface area contributed by atoms with Gasteiger partial charge in [0.25, 0.3) is 5.91 Å². The van der Waals surface area contributed by atoms with Crippen LogP contribution < -0.4 is 9.75 Å². The molecule has 0 radical (unpaired) electrons. The highest BCUT2D eigenvalue weighted by molar-refractivity contribution is 7.14. The van der Waals surface area contributed by atoms with Crippen molar-refractivity contribution in [3.8, 4) is 17.0 Å². The van der Waals surface area contributed by atoms with E-state index in [-0.39, 0.29) is 5.91 Å². The first-order valence-corrected chi connectivity index (χ1v) is 12.0. The number of hydrazone groups is 1. The van der Waals surface area contributed by atoms with Gasteiger partial charge >= 0.3 is 0 Å². The van der Waals surface area contributed by atoms with E-state index in [1.54, 1.807) is 38.3 Å². The third-order valence-electron chi connectivity index (χ3n) is 5.33. The fourth-order valence-corrected chi connectivity index (χ4v) is 4.19. The molecule has 1 aliphatic heterocycles. The minimum absolute atomic E-state index is 0.292. The summed E-state index contributed by atoms with van der Waals surface area (Å²) in [4.78, 5) is 17.6. The maximum atomic E-state index is 13.0. The minimum atomic E-state index is -0.796. The van der Waals surface area contributed by atoms with Gasteiger partial charge in [-0.05, 0) is 67.6 Å². The van der Waals surface area contributed by atoms with Crippen LogP contribution in [0.3, 0.4) is 0 Å². The fraction of sp³-hybridized carbons (Fsp3) is 0.115. The number of carbonyl (C=O) groups is 1. The average Bonchev–Trinajstić information content (AvgIpc) is 3.52. The van der Waals surface area contributed by atoms with Crippen molar-refractivity contribution in [1.29, 1.82) is 0 Å². The Kier molecular flexibility index (Phi) is 6.67. The zero-order valence-corrected chi connectivity index (χ0v) is 20.3. The largest absolute Gasteiger partial charge is 0.497 e. The second-order valence-corrected chi connectivity index (χ2v) is 8.64. The highest BCUT2D eigenvalue weighted by Gasteiger charge is 2.36. The number of nitrogens with zero attached hydrogens (tertiary/aromatic N) is 7. The quantitative estimate of drug-likeness (QED) is 0.255. The number of azo groups is 2. The molecule has 36 heavy (non-hydrogen) atoms. The molecule has 10 heteroatoms. The number of aromatic nitrogens is 1. The second-order valence-electron chi connectivity index (χ2n) is 7.81. The molecule has 0 fully saturated rings. The Morgan fingerprint density at radius 1 is 0.861 bits per heavy atom. The summed E-state index contributed by atoms with van der Waals surface area (Å²) in [5.74, 6) is 0.476. The topological polar surface area (TPSA) is 104 Å². The van der Waals surface area contributed by atoms with Crippen molar-refractivity contribution in [1.82, 2.24) is 4.98 Å². The Bertz CT molecular complexity index is 1450. The summed E-state index contributed by atoms with van der Waals surface area (Å²) in [6, 6.07) is 23.4. The predicted octanol–water partition coefficient (Wildman–Crippen LogP) is 7.11. The number of carbonyl (C=O) groups excluding carboxylic acids is 1. The van der Waals surface area contributed by atoms with Gasteiger partial charge in [-0.1, -0.05) is 18.2 Å². The predicted molar refractivity (Wildman–Crippen MR) is 140 cm³/mol. The maximum absolute atomic E-state index is 13.0. The summed E-state index contributed by atoms with van der Waals surface area (Å²) in [5, 5.41) is 25.0. The van der Waals surface area contributed by atoms with Crippen molar-refractivity contribution in [2.45, 2.75) is 13.0 Å². The van der Waals surface area contributed by atoms with Crippen molar-refractivity contribution in [3.63, 3.8) is 0 Å². The van der Waals surface area contributed by atoms with E-state index < -0.39 is 6.04 Å². The van der Waals surface area contributed by atoms with E-state index in [0.717, 1.165) is 22.7 Å². The van der Waals surface area contributed by atoms with Gasteiger partial charge in [-0.25, -0.2) is 4.98 Å². The normalized spacial score (nSPS) is 15.7. The van der Waals surface area contributed by atoms with Crippen LogP contribution in [0, 0.1) is 0 Å². The SMILES string of the molecule is COc1ccc(-c2csc(N3N=C(C)[C@@H](N=Nc4ccc(N=Nc5ccccc5)cc4)C3=O)n2)cc1. The van der Waals surface area contributed by atoms with Crippen LogP contribution in [0.2, 0.25) is 0 Å². The van der Waals surface area contributed by atoms with Crippen molar-refractivity contribution in [2.75, 3.05) is 12.1 Å².